The van der Waals surface area contributed by atoms with Crippen LogP contribution in [0.3, 0.4) is 0 Å². The number of aromatic nitrogens is 5. The highest BCUT2D eigenvalue weighted by molar-refractivity contribution is 5.80. The zero-order chi connectivity index (χ0) is 19.1. The molecule has 140 valence electrons. The third-order valence-corrected chi connectivity index (χ3v) is 3.88. The third kappa shape index (κ3) is 5.34. The fourth-order valence-corrected chi connectivity index (χ4v) is 2.59. The summed E-state index contributed by atoms with van der Waals surface area (Å²) < 4.78 is 7.00. The molecule has 27 heavy (non-hydrogen) atoms. The minimum Gasteiger partial charge on any atom is -0.475 e. The normalized spacial score (nSPS) is 12.0. The smallest absolute Gasteiger partial charge is 0.245 e. The van der Waals surface area contributed by atoms with Crippen LogP contribution in [-0.4, -0.2) is 37.2 Å². The van der Waals surface area contributed by atoms with E-state index in [2.05, 4.69) is 25.8 Å². The first-order valence-corrected chi connectivity index (χ1v) is 8.77. The molecular formula is C19H22N6O2. The molecule has 0 radical (unpaired) electrons. The maximum atomic E-state index is 12.8. The lowest BCUT2D eigenvalue weighted by atomic mass is 10.1. The van der Waals surface area contributed by atoms with Crippen LogP contribution >= 0.6 is 0 Å². The fraction of sp³-hybridized carbons (Fsp3) is 0.316. The van der Waals surface area contributed by atoms with Crippen LogP contribution < -0.4 is 10.1 Å². The van der Waals surface area contributed by atoms with E-state index in [0.29, 0.717) is 18.8 Å². The molecule has 0 aliphatic heterocycles. The first-order valence-electron chi connectivity index (χ1n) is 8.77. The second-order valence-corrected chi connectivity index (χ2v) is 6.38. The Labute approximate surface area is 157 Å². The van der Waals surface area contributed by atoms with Crippen LogP contribution in [0.5, 0.6) is 5.88 Å². The van der Waals surface area contributed by atoms with E-state index in [9.17, 15) is 4.79 Å². The van der Waals surface area contributed by atoms with E-state index in [1.54, 1.807) is 12.3 Å². The summed E-state index contributed by atoms with van der Waals surface area (Å²) in [5.74, 6) is 0.407. The van der Waals surface area contributed by atoms with Crippen molar-refractivity contribution in [2.24, 2.45) is 0 Å². The maximum Gasteiger partial charge on any atom is 0.245 e. The number of amides is 1. The summed E-state index contributed by atoms with van der Waals surface area (Å²) in [5.41, 5.74) is 1.92. The molecular weight excluding hydrogens is 344 g/mol. The number of nitrogens with one attached hydrogen (secondary N) is 1. The van der Waals surface area contributed by atoms with Gasteiger partial charge in [-0.1, -0.05) is 36.4 Å². The molecule has 0 saturated carbocycles. The molecule has 8 heteroatoms. The highest BCUT2D eigenvalue weighted by Gasteiger charge is 2.22. The van der Waals surface area contributed by atoms with Crippen LogP contribution in [0.15, 0.2) is 55.0 Å². The lowest BCUT2D eigenvalue weighted by Gasteiger charge is -2.16. The molecule has 1 unspecified atom stereocenters. The Morgan fingerprint density at radius 3 is 2.59 bits per heavy atom. The summed E-state index contributed by atoms with van der Waals surface area (Å²) in [5, 5.41) is 14.1. The van der Waals surface area contributed by atoms with Crippen molar-refractivity contribution in [3.05, 3.63) is 66.1 Å². The second kappa shape index (κ2) is 8.88. The van der Waals surface area contributed by atoms with Crippen LogP contribution in [0.2, 0.25) is 0 Å². The fourth-order valence-electron chi connectivity index (χ4n) is 2.59. The van der Waals surface area contributed by atoms with Crippen LogP contribution in [0.4, 0.5) is 0 Å². The Morgan fingerprint density at radius 1 is 1.15 bits per heavy atom. The predicted molar refractivity (Wildman–Crippen MR) is 98.8 cm³/mol. The van der Waals surface area contributed by atoms with Crippen molar-refractivity contribution in [1.29, 1.82) is 0 Å². The molecule has 3 rings (SSSR count). The first-order chi connectivity index (χ1) is 13.1. The third-order valence-electron chi connectivity index (χ3n) is 3.88. The summed E-state index contributed by atoms with van der Waals surface area (Å²) in [7, 11) is 0. The maximum absolute atomic E-state index is 12.8. The SMILES string of the molecule is CC(C)Oc1ccc(CNC(=O)C(Cc2ccccc2)n2cnnn2)cn1. The van der Waals surface area contributed by atoms with Gasteiger partial charge in [-0.25, -0.2) is 9.67 Å². The number of tetrazole rings is 1. The van der Waals surface area contributed by atoms with Crippen molar-refractivity contribution in [1.82, 2.24) is 30.5 Å². The number of hydrogen-bond donors (Lipinski definition) is 1. The minimum atomic E-state index is -0.529. The van der Waals surface area contributed by atoms with Gasteiger partial charge in [0.2, 0.25) is 11.8 Å². The van der Waals surface area contributed by atoms with Gasteiger partial charge in [-0.05, 0) is 35.4 Å². The van der Waals surface area contributed by atoms with E-state index in [-0.39, 0.29) is 12.0 Å². The van der Waals surface area contributed by atoms with E-state index in [1.165, 1.54) is 11.0 Å². The monoisotopic (exact) mass is 366 g/mol. The van der Waals surface area contributed by atoms with Gasteiger partial charge in [0.05, 0.1) is 6.10 Å². The van der Waals surface area contributed by atoms with Gasteiger partial charge in [-0.15, -0.1) is 5.10 Å². The van der Waals surface area contributed by atoms with E-state index in [0.717, 1.165) is 11.1 Å². The quantitative estimate of drug-likeness (QED) is 0.655. The zero-order valence-electron chi connectivity index (χ0n) is 15.3. The van der Waals surface area contributed by atoms with Crippen LogP contribution in [0.1, 0.15) is 31.0 Å². The molecule has 0 spiro atoms. The van der Waals surface area contributed by atoms with Crippen LogP contribution in [-0.2, 0) is 17.8 Å². The molecule has 1 atom stereocenters. The van der Waals surface area contributed by atoms with Crippen molar-refractivity contribution in [3.63, 3.8) is 0 Å². The summed E-state index contributed by atoms with van der Waals surface area (Å²) in [6.45, 7) is 4.25. The van der Waals surface area contributed by atoms with Gasteiger partial charge in [0.15, 0.2) is 0 Å². The standard InChI is InChI=1S/C19H22N6O2/c1-14(2)27-18-9-8-16(11-20-18)12-21-19(26)17(25-13-22-23-24-25)10-15-6-4-3-5-7-15/h3-9,11,13-14,17H,10,12H2,1-2H3,(H,21,26). The number of ether oxygens (including phenoxy) is 1. The summed E-state index contributed by atoms with van der Waals surface area (Å²) in [6.07, 6.45) is 3.71. The number of nitrogens with zero attached hydrogens (tertiary/aromatic N) is 5. The summed E-state index contributed by atoms with van der Waals surface area (Å²) in [4.78, 5) is 17.0. The van der Waals surface area contributed by atoms with Gasteiger partial charge in [-0.2, -0.15) is 0 Å². The molecule has 0 bridgehead atoms. The Morgan fingerprint density at radius 2 is 1.96 bits per heavy atom. The van der Waals surface area contributed by atoms with Gasteiger partial charge in [0.25, 0.3) is 0 Å². The molecule has 3 aromatic rings. The average Bonchev–Trinajstić information content (AvgIpc) is 3.20. The van der Waals surface area contributed by atoms with Gasteiger partial charge in [0, 0.05) is 25.2 Å². The largest absolute Gasteiger partial charge is 0.475 e. The molecule has 0 aliphatic rings. The molecule has 1 aromatic carbocycles. The number of benzene rings is 1. The van der Waals surface area contributed by atoms with Crippen LogP contribution in [0.25, 0.3) is 0 Å². The summed E-state index contributed by atoms with van der Waals surface area (Å²) >= 11 is 0. The Balaban J connectivity index is 1.64. The van der Waals surface area contributed by atoms with E-state index in [4.69, 9.17) is 4.74 Å². The summed E-state index contributed by atoms with van der Waals surface area (Å²) in [6, 6.07) is 12.9. The lowest BCUT2D eigenvalue weighted by Crippen LogP contribution is -2.34. The molecule has 0 saturated heterocycles. The average molecular weight is 366 g/mol. The van der Waals surface area contributed by atoms with Gasteiger partial charge >= 0.3 is 0 Å². The number of rotatable bonds is 8. The van der Waals surface area contributed by atoms with Crippen molar-refractivity contribution in [3.8, 4) is 5.88 Å². The van der Waals surface area contributed by atoms with Crippen molar-refractivity contribution in [2.45, 2.75) is 39.0 Å². The highest BCUT2D eigenvalue weighted by atomic mass is 16.5. The number of hydrogen-bond acceptors (Lipinski definition) is 6. The molecule has 0 aliphatic carbocycles. The van der Waals surface area contributed by atoms with E-state index in [1.807, 2.05) is 50.2 Å². The van der Waals surface area contributed by atoms with Crippen LogP contribution in [0, 0.1) is 0 Å². The Hall–Kier alpha value is -3.29. The molecule has 1 amide bonds. The highest BCUT2D eigenvalue weighted by Crippen LogP contribution is 2.14. The van der Waals surface area contributed by atoms with Crippen molar-refractivity contribution >= 4 is 5.91 Å². The van der Waals surface area contributed by atoms with Gasteiger partial charge < -0.3 is 10.1 Å². The second-order valence-electron chi connectivity index (χ2n) is 6.38. The van der Waals surface area contributed by atoms with Gasteiger partial charge in [0.1, 0.15) is 12.4 Å². The number of carbonyl (C=O) groups excluding carboxylic acids is 1. The zero-order valence-corrected chi connectivity index (χ0v) is 15.3. The first kappa shape index (κ1) is 18.5. The van der Waals surface area contributed by atoms with E-state index < -0.39 is 6.04 Å². The lowest BCUT2D eigenvalue weighted by molar-refractivity contribution is -0.124. The molecule has 8 nitrogen and oxygen atoms in total. The number of carbonyl (C=O) groups is 1. The molecule has 0 fully saturated rings. The minimum absolute atomic E-state index is 0.0677. The van der Waals surface area contributed by atoms with Crippen molar-refractivity contribution < 1.29 is 9.53 Å². The van der Waals surface area contributed by atoms with Crippen molar-refractivity contribution in [2.75, 3.05) is 0 Å². The van der Waals surface area contributed by atoms with Gasteiger partial charge in [-0.3, -0.25) is 4.79 Å². The molecule has 2 aromatic heterocycles. The number of pyridine rings is 1. The Bertz CT molecular complexity index is 834. The topological polar surface area (TPSA) is 94.8 Å². The Kier molecular flexibility index (Phi) is 6.09. The predicted octanol–water partition coefficient (Wildman–Crippen LogP) is 1.96. The van der Waals surface area contributed by atoms with E-state index >= 15 is 0 Å². The molecule has 2 heterocycles. The molecule has 1 N–H and O–H groups in total.